The Balaban J connectivity index is 1.56. The van der Waals surface area contributed by atoms with Crippen LogP contribution >= 0.6 is 23.1 Å². The number of amides is 2. The van der Waals surface area contributed by atoms with Crippen molar-refractivity contribution in [3.05, 3.63) is 46.9 Å². The molecule has 40 heavy (non-hydrogen) atoms. The monoisotopic (exact) mass is 609 g/mol. The van der Waals surface area contributed by atoms with Crippen LogP contribution in [0.2, 0.25) is 0 Å². The molecule has 4 rings (SSSR count). The van der Waals surface area contributed by atoms with Gasteiger partial charge in [0.25, 0.3) is 11.8 Å². The lowest BCUT2D eigenvalue weighted by atomic mass is 10.0. The molecule has 2 aliphatic rings. The predicted molar refractivity (Wildman–Crippen MR) is 144 cm³/mol. The van der Waals surface area contributed by atoms with Gasteiger partial charge >= 0.3 is 11.9 Å². The summed E-state index contributed by atoms with van der Waals surface area (Å²) in [4.78, 5) is 60.7. The number of nitrogens with zero attached hydrogens (tertiary/aromatic N) is 4. The molecule has 4 heterocycles. The second-order valence-electron chi connectivity index (χ2n) is 9.24. The van der Waals surface area contributed by atoms with E-state index in [1.165, 1.54) is 31.0 Å². The van der Waals surface area contributed by atoms with Gasteiger partial charge in [-0.1, -0.05) is 5.16 Å². The molecule has 2 aromatic heterocycles. The summed E-state index contributed by atoms with van der Waals surface area (Å²) >= 11 is 2.34. The first-order valence-electron chi connectivity index (χ1n) is 11.6. The van der Waals surface area contributed by atoms with Crippen LogP contribution in [-0.2, 0) is 41.9 Å². The highest BCUT2D eigenvalue weighted by Crippen LogP contribution is 2.36. The number of oxime groups is 1. The van der Waals surface area contributed by atoms with Crippen LogP contribution in [0.4, 0.5) is 5.13 Å². The van der Waals surface area contributed by atoms with E-state index in [1.807, 2.05) is 36.1 Å². The number of β-lactam (4-membered cyclic amide) rings is 1. The van der Waals surface area contributed by atoms with E-state index in [9.17, 15) is 33.6 Å². The molecule has 17 heteroatoms. The molecule has 0 unspecified atom stereocenters. The van der Waals surface area contributed by atoms with Crippen molar-refractivity contribution in [1.82, 2.24) is 15.2 Å². The number of nitrogen functional groups attached to an aromatic ring is 1. The Bertz CT molecular complexity index is 1470. The summed E-state index contributed by atoms with van der Waals surface area (Å²) in [6, 6.07) is 2.38. The van der Waals surface area contributed by atoms with Gasteiger partial charge in [0.15, 0.2) is 23.2 Å². The van der Waals surface area contributed by atoms with E-state index in [4.69, 9.17) is 10.6 Å². The van der Waals surface area contributed by atoms with Gasteiger partial charge in [-0.05, 0) is 19.4 Å². The Morgan fingerprint density at radius 1 is 1.35 bits per heavy atom. The summed E-state index contributed by atoms with van der Waals surface area (Å²) in [6.07, 6.45) is 3.67. The summed E-state index contributed by atoms with van der Waals surface area (Å²) in [5.74, 6) is -4.33. The van der Waals surface area contributed by atoms with Crippen LogP contribution in [0.15, 0.2) is 51.2 Å². The van der Waals surface area contributed by atoms with Crippen molar-refractivity contribution in [2.75, 3.05) is 17.2 Å². The van der Waals surface area contributed by atoms with Gasteiger partial charge in [0.05, 0.1) is 16.6 Å². The minimum absolute atomic E-state index is 0.0329. The van der Waals surface area contributed by atoms with Gasteiger partial charge in [-0.2, -0.15) is 0 Å². The van der Waals surface area contributed by atoms with Crippen molar-refractivity contribution in [3.8, 4) is 0 Å². The van der Waals surface area contributed by atoms with Crippen LogP contribution in [0, 0.1) is 0 Å². The largest absolute Gasteiger partial charge is 0.478 e. The van der Waals surface area contributed by atoms with Crippen LogP contribution in [-0.4, -0.2) is 82.3 Å². The molecular formula is C23H25N6O8S3+. The first-order chi connectivity index (χ1) is 18.8. The quantitative estimate of drug-likeness (QED) is 0.0903. The zero-order valence-electron chi connectivity index (χ0n) is 21.4. The van der Waals surface area contributed by atoms with E-state index in [-0.39, 0.29) is 28.0 Å². The Kier molecular flexibility index (Phi) is 8.27. The maximum absolute atomic E-state index is 13.2. The number of carbonyl (C=O) groups excluding carboxylic acids is 2. The number of aryl methyl sites for hydroxylation is 1. The van der Waals surface area contributed by atoms with E-state index in [1.54, 1.807) is 0 Å². The minimum Gasteiger partial charge on any atom is -0.478 e. The third-order valence-electron chi connectivity index (χ3n) is 5.91. The molecule has 0 aromatic carbocycles. The number of thioether (sulfide) groups is 1. The average Bonchev–Trinajstić information content (AvgIpc) is 3.31. The average molecular weight is 610 g/mol. The Morgan fingerprint density at radius 2 is 2.02 bits per heavy atom. The lowest BCUT2D eigenvalue weighted by molar-refractivity contribution is -0.671. The van der Waals surface area contributed by atoms with E-state index < -0.39 is 57.3 Å². The number of nitrogens with one attached hydrogen (secondary N) is 1. The zero-order chi connectivity index (χ0) is 29.4. The first-order valence-corrected chi connectivity index (χ1v) is 14.8. The number of fused-ring (bicyclic) bond motifs is 1. The Hall–Kier alpha value is -3.83. The molecule has 2 aliphatic heterocycles. The lowest BCUT2D eigenvalue weighted by Gasteiger charge is -2.49. The molecule has 2 amide bonds. The number of thiazole rings is 1. The third-order valence-corrected chi connectivity index (χ3v) is 9.34. The van der Waals surface area contributed by atoms with Crippen molar-refractivity contribution < 1.29 is 43.0 Å². The van der Waals surface area contributed by atoms with E-state index in [2.05, 4.69) is 15.5 Å². The number of carboxylic acids is 2. The van der Waals surface area contributed by atoms with Gasteiger partial charge < -0.3 is 26.1 Å². The van der Waals surface area contributed by atoms with Crippen LogP contribution in [0.3, 0.4) is 0 Å². The number of carboxylic acid groups (broad SMARTS) is 2. The summed E-state index contributed by atoms with van der Waals surface area (Å²) in [5.41, 5.74) is 3.44. The maximum atomic E-state index is 13.2. The fourth-order valence-electron chi connectivity index (χ4n) is 3.73. The van der Waals surface area contributed by atoms with Gasteiger partial charge in [-0.3, -0.25) is 18.7 Å². The van der Waals surface area contributed by atoms with Crippen molar-refractivity contribution >= 4 is 68.5 Å². The molecule has 1 fully saturated rings. The number of aromatic nitrogens is 2. The molecule has 0 saturated carbocycles. The molecule has 5 N–H and O–H groups in total. The standard InChI is InChI=1S/C23H24N6O8S3/c1-23(2,21(34)35)37-27-14(13-9-39-22(24)25-13)17(30)26-15-18(31)29-16(20(32)33)11(10-40(36)19(15)29)8-38-12-4-6-28(3)7-5-12/h4-7,9,15,19H,8,10H2,1-3H3,(H4-,24,25,26,30,32,33,34,35)/p+1/t15-,19-,40+/m1/s1. The first kappa shape index (κ1) is 29.2. The second-order valence-corrected chi connectivity index (χ2v) is 12.7. The maximum Gasteiger partial charge on any atom is 0.352 e. The molecular weight excluding hydrogens is 584 g/mol. The second kappa shape index (κ2) is 11.3. The van der Waals surface area contributed by atoms with Crippen molar-refractivity contribution in [3.63, 3.8) is 0 Å². The number of anilines is 1. The molecule has 212 valence electrons. The van der Waals surface area contributed by atoms with E-state index in [0.717, 1.165) is 21.1 Å². The number of hydrogen-bond donors (Lipinski definition) is 4. The van der Waals surface area contributed by atoms with Crippen molar-refractivity contribution in [2.45, 2.75) is 35.8 Å². The lowest BCUT2D eigenvalue weighted by Crippen LogP contribution is -2.74. The highest BCUT2D eigenvalue weighted by molar-refractivity contribution is 7.99. The minimum atomic E-state index is -1.80. The highest BCUT2D eigenvalue weighted by atomic mass is 32.2. The van der Waals surface area contributed by atoms with Gasteiger partial charge in [-0.25, -0.2) is 19.1 Å². The van der Waals surface area contributed by atoms with Crippen molar-refractivity contribution in [1.29, 1.82) is 0 Å². The third kappa shape index (κ3) is 5.85. The SMILES string of the molecule is C[n+]1ccc(SCC2=C(C(=O)O)N3C(=O)[C@@H](NC(=O)C(=NOC(C)(C)C(=O)O)c4csc(N)n4)[C@H]3[S@@](=O)C2)cc1. The predicted octanol–water partition coefficient (Wildman–Crippen LogP) is -0.320. The van der Waals surface area contributed by atoms with Crippen molar-refractivity contribution in [2.24, 2.45) is 12.2 Å². The number of pyridine rings is 1. The number of hydrogen-bond acceptors (Lipinski definition) is 11. The normalized spacial score (nSPS) is 21.0. The number of rotatable bonds is 10. The summed E-state index contributed by atoms with van der Waals surface area (Å²) in [7, 11) is 0.128. The highest BCUT2D eigenvalue weighted by Gasteiger charge is 2.57. The van der Waals surface area contributed by atoms with Gasteiger partial charge in [0.2, 0.25) is 5.60 Å². The molecule has 0 aliphatic carbocycles. The molecule has 0 spiro atoms. The fraction of sp³-hybridized carbons (Fsp3) is 0.348. The van der Waals surface area contributed by atoms with Crippen LogP contribution in [0.5, 0.6) is 0 Å². The molecule has 0 bridgehead atoms. The molecule has 2 aromatic rings. The van der Waals surface area contributed by atoms with E-state index in [0.29, 0.717) is 5.57 Å². The Morgan fingerprint density at radius 3 is 2.60 bits per heavy atom. The summed E-state index contributed by atoms with van der Waals surface area (Å²) < 4.78 is 15.0. The smallest absolute Gasteiger partial charge is 0.352 e. The van der Waals surface area contributed by atoms with Gasteiger partial charge in [0, 0.05) is 28.2 Å². The zero-order valence-corrected chi connectivity index (χ0v) is 23.8. The van der Waals surface area contributed by atoms with Crippen LogP contribution in [0.1, 0.15) is 19.5 Å². The number of nitrogens with two attached hydrogens (primary N) is 1. The summed E-state index contributed by atoms with van der Waals surface area (Å²) in [6.45, 7) is 2.44. The van der Waals surface area contributed by atoms with Crippen LogP contribution < -0.4 is 15.6 Å². The molecule has 14 nitrogen and oxygen atoms in total. The number of aliphatic carboxylic acids is 2. The topological polar surface area (TPSA) is 205 Å². The Labute approximate surface area is 238 Å². The fourth-order valence-corrected chi connectivity index (χ4v) is 6.98. The number of carbonyl (C=O) groups is 4. The van der Waals surface area contributed by atoms with E-state index >= 15 is 0 Å². The summed E-state index contributed by atoms with van der Waals surface area (Å²) in [5, 5.41) is 25.7. The van der Waals surface area contributed by atoms with Gasteiger partial charge in [0.1, 0.15) is 29.9 Å². The van der Waals surface area contributed by atoms with Crippen LogP contribution in [0.25, 0.3) is 0 Å². The molecule has 3 atom stereocenters. The molecule has 1 saturated heterocycles. The van der Waals surface area contributed by atoms with Gasteiger partial charge in [-0.15, -0.1) is 23.1 Å². The molecule has 0 radical (unpaired) electrons.